The van der Waals surface area contributed by atoms with Gasteiger partial charge in [0.15, 0.2) is 0 Å². The zero-order valence-corrected chi connectivity index (χ0v) is 11.3. The van der Waals surface area contributed by atoms with Crippen molar-refractivity contribution >= 4 is 17.7 Å². The first-order valence-electron chi connectivity index (χ1n) is 6.71. The number of phenols is 1. The van der Waals surface area contributed by atoms with E-state index < -0.39 is 11.9 Å². The van der Waals surface area contributed by atoms with Gasteiger partial charge in [0, 0.05) is 29.7 Å². The number of hydrogen-bond acceptors (Lipinski definition) is 5. The molecule has 1 aromatic carbocycles. The number of carbonyl (C=O) groups is 3. The second kappa shape index (κ2) is 4.85. The van der Waals surface area contributed by atoms with E-state index in [1.807, 2.05) is 0 Å². The van der Waals surface area contributed by atoms with E-state index in [1.54, 1.807) is 12.1 Å². The van der Waals surface area contributed by atoms with Crippen LogP contribution in [0, 0.1) is 0 Å². The van der Waals surface area contributed by atoms with Crippen molar-refractivity contribution in [1.82, 2.24) is 10.2 Å². The summed E-state index contributed by atoms with van der Waals surface area (Å²) in [6.07, 6.45) is 0.505. The first kappa shape index (κ1) is 13.6. The van der Waals surface area contributed by atoms with Crippen molar-refractivity contribution in [1.29, 1.82) is 0 Å². The molecule has 0 bridgehead atoms. The molecule has 1 aromatic rings. The molecule has 0 aliphatic carbocycles. The molecule has 1 fully saturated rings. The van der Waals surface area contributed by atoms with E-state index in [2.05, 4.69) is 5.32 Å². The van der Waals surface area contributed by atoms with Crippen LogP contribution in [-0.4, -0.2) is 33.8 Å². The first-order chi connectivity index (χ1) is 10.0. The van der Waals surface area contributed by atoms with Crippen molar-refractivity contribution in [2.45, 2.75) is 32.0 Å². The summed E-state index contributed by atoms with van der Waals surface area (Å²) < 4.78 is 0. The summed E-state index contributed by atoms with van der Waals surface area (Å²) in [6.45, 7) is 0.325. The fourth-order valence-corrected chi connectivity index (χ4v) is 2.84. The van der Waals surface area contributed by atoms with Crippen molar-refractivity contribution in [3.05, 3.63) is 28.8 Å². The van der Waals surface area contributed by atoms with Crippen LogP contribution in [-0.2, 0) is 22.7 Å². The van der Waals surface area contributed by atoms with Crippen LogP contribution in [0.5, 0.6) is 5.75 Å². The van der Waals surface area contributed by atoms with Gasteiger partial charge in [-0.25, -0.2) is 0 Å². The Labute approximate surface area is 120 Å². The van der Waals surface area contributed by atoms with Crippen LogP contribution < -0.4 is 11.1 Å². The number of nitrogens with two attached hydrogens (primary N) is 1. The van der Waals surface area contributed by atoms with Crippen molar-refractivity contribution in [3.8, 4) is 5.75 Å². The zero-order chi connectivity index (χ0) is 15.1. The largest absolute Gasteiger partial charge is 0.507 e. The number of carbonyl (C=O) groups excluding carboxylic acids is 3. The number of amides is 3. The number of nitrogens with one attached hydrogen (secondary N) is 1. The van der Waals surface area contributed by atoms with Crippen molar-refractivity contribution in [2.75, 3.05) is 0 Å². The van der Waals surface area contributed by atoms with E-state index in [9.17, 15) is 19.5 Å². The van der Waals surface area contributed by atoms with Crippen LogP contribution >= 0.6 is 0 Å². The molecule has 1 unspecified atom stereocenters. The third kappa shape index (κ3) is 2.06. The summed E-state index contributed by atoms with van der Waals surface area (Å²) in [5.41, 5.74) is 6.97. The first-order valence-corrected chi connectivity index (χ1v) is 6.71. The number of benzene rings is 1. The summed E-state index contributed by atoms with van der Waals surface area (Å²) in [5.74, 6) is -1.09. The van der Waals surface area contributed by atoms with Gasteiger partial charge in [0.2, 0.25) is 11.8 Å². The van der Waals surface area contributed by atoms with Gasteiger partial charge in [0.25, 0.3) is 5.91 Å². The van der Waals surface area contributed by atoms with Gasteiger partial charge in [-0.3, -0.25) is 19.7 Å². The van der Waals surface area contributed by atoms with Crippen LogP contribution in [0.2, 0.25) is 0 Å². The average molecular weight is 289 g/mol. The maximum atomic E-state index is 12.4. The van der Waals surface area contributed by atoms with Crippen molar-refractivity contribution < 1.29 is 19.5 Å². The lowest BCUT2D eigenvalue weighted by Gasteiger charge is -2.29. The molecule has 3 amide bonds. The molecule has 21 heavy (non-hydrogen) atoms. The lowest BCUT2D eigenvalue weighted by molar-refractivity contribution is -0.136. The van der Waals surface area contributed by atoms with Gasteiger partial charge in [-0.1, -0.05) is 6.07 Å². The Kier molecular flexibility index (Phi) is 3.13. The summed E-state index contributed by atoms with van der Waals surface area (Å²) in [7, 11) is 0. The van der Waals surface area contributed by atoms with Gasteiger partial charge in [0.05, 0.1) is 6.54 Å². The van der Waals surface area contributed by atoms with Gasteiger partial charge < -0.3 is 15.7 Å². The van der Waals surface area contributed by atoms with Gasteiger partial charge in [-0.2, -0.15) is 0 Å². The van der Waals surface area contributed by atoms with Crippen LogP contribution in [0.15, 0.2) is 12.1 Å². The predicted octanol–water partition coefficient (Wildman–Crippen LogP) is -0.388. The fraction of sp³-hybridized carbons (Fsp3) is 0.357. The molecule has 2 heterocycles. The fourth-order valence-electron chi connectivity index (χ4n) is 2.84. The van der Waals surface area contributed by atoms with Gasteiger partial charge in [0.1, 0.15) is 11.8 Å². The quantitative estimate of drug-likeness (QED) is 0.642. The van der Waals surface area contributed by atoms with E-state index >= 15 is 0 Å². The summed E-state index contributed by atoms with van der Waals surface area (Å²) in [4.78, 5) is 36.9. The van der Waals surface area contributed by atoms with E-state index in [4.69, 9.17) is 5.73 Å². The number of aromatic hydroxyl groups is 1. The van der Waals surface area contributed by atoms with Crippen molar-refractivity contribution in [2.24, 2.45) is 5.73 Å². The van der Waals surface area contributed by atoms with Crippen molar-refractivity contribution in [3.63, 3.8) is 0 Å². The Hall–Kier alpha value is -2.41. The highest BCUT2D eigenvalue weighted by Crippen LogP contribution is 2.35. The lowest BCUT2D eigenvalue weighted by atomic mass is 10.0. The Balaban J connectivity index is 1.92. The number of nitrogens with zero attached hydrogens (tertiary/aromatic N) is 1. The number of rotatable bonds is 2. The second-order valence-corrected chi connectivity index (χ2v) is 5.20. The number of imide groups is 1. The maximum Gasteiger partial charge on any atom is 0.255 e. The molecule has 7 nitrogen and oxygen atoms in total. The third-order valence-corrected chi connectivity index (χ3v) is 3.99. The number of fused-ring (bicyclic) bond motifs is 1. The average Bonchev–Trinajstić information content (AvgIpc) is 2.78. The molecule has 110 valence electrons. The third-order valence-electron chi connectivity index (χ3n) is 3.99. The molecule has 0 radical (unpaired) electrons. The lowest BCUT2D eigenvalue weighted by Crippen LogP contribution is -2.52. The molecular formula is C14H15N3O4. The van der Waals surface area contributed by atoms with E-state index in [1.165, 1.54) is 4.90 Å². The van der Waals surface area contributed by atoms with E-state index in [-0.39, 0.29) is 37.1 Å². The van der Waals surface area contributed by atoms with E-state index in [0.717, 1.165) is 0 Å². The summed E-state index contributed by atoms with van der Waals surface area (Å²) in [6, 6.07) is 2.55. The Morgan fingerprint density at radius 1 is 1.33 bits per heavy atom. The zero-order valence-electron chi connectivity index (χ0n) is 11.3. The number of phenolic OH excluding ortho intramolecular Hbond substituents is 1. The molecular weight excluding hydrogens is 274 g/mol. The monoisotopic (exact) mass is 289 g/mol. The molecule has 0 saturated carbocycles. The molecule has 3 rings (SSSR count). The van der Waals surface area contributed by atoms with Crippen LogP contribution in [0.3, 0.4) is 0 Å². The van der Waals surface area contributed by atoms with Gasteiger partial charge >= 0.3 is 0 Å². The van der Waals surface area contributed by atoms with Gasteiger partial charge in [-0.15, -0.1) is 0 Å². The van der Waals surface area contributed by atoms with E-state index in [0.29, 0.717) is 23.1 Å². The SMILES string of the molecule is NCc1ccc2c(c1O)CN(C1CCC(=O)NC1=O)C2=O. The van der Waals surface area contributed by atoms with Crippen LogP contribution in [0.25, 0.3) is 0 Å². The molecule has 2 aliphatic rings. The maximum absolute atomic E-state index is 12.4. The Bertz CT molecular complexity index is 656. The molecule has 1 saturated heterocycles. The Morgan fingerprint density at radius 3 is 2.76 bits per heavy atom. The summed E-state index contributed by atoms with van der Waals surface area (Å²) >= 11 is 0. The minimum Gasteiger partial charge on any atom is -0.507 e. The smallest absolute Gasteiger partial charge is 0.255 e. The highest BCUT2D eigenvalue weighted by atomic mass is 16.3. The Morgan fingerprint density at radius 2 is 2.10 bits per heavy atom. The number of hydrogen-bond donors (Lipinski definition) is 3. The minimum absolute atomic E-state index is 0.0122. The normalized spacial score (nSPS) is 21.5. The summed E-state index contributed by atoms with van der Waals surface area (Å²) in [5, 5.41) is 12.4. The highest BCUT2D eigenvalue weighted by Gasteiger charge is 2.40. The topological polar surface area (TPSA) is 113 Å². The molecule has 2 aliphatic heterocycles. The second-order valence-electron chi connectivity index (χ2n) is 5.20. The highest BCUT2D eigenvalue weighted by molar-refractivity contribution is 6.05. The van der Waals surface area contributed by atoms with Crippen LogP contribution in [0.4, 0.5) is 0 Å². The standard InChI is InChI=1S/C14H15N3O4/c15-5-7-1-2-8-9(12(7)19)6-17(14(8)21)10-3-4-11(18)16-13(10)20/h1-2,10,19H,3-6,15H2,(H,16,18,20). The van der Waals surface area contributed by atoms with Crippen LogP contribution in [0.1, 0.15) is 34.3 Å². The van der Waals surface area contributed by atoms with Gasteiger partial charge in [-0.05, 0) is 12.5 Å². The molecule has 0 spiro atoms. The predicted molar refractivity (Wildman–Crippen MR) is 72.0 cm³/mol. The number of piperidine rings is 1. The molecule has 1 atom stereocenters. The molecule has 7 heteroatoms. The molecule has 0 aromatic heterocycles. The molecule has 4 N–H and O–H groups in total. The minimum atomic E-state index is -0.677.